The lowest BCUT2D eigenvalue weighted by atomic mass is 10.3. The van der Waals surface area contributed by atoms with E-state index in [-0.39, 0.29) is 17.5 Å². The molecular formula is C14H17N5O2. The molecule has 1 N–H and O–H groups in total. The molecule has 0 spiro atoms. The molecule has 21 heavy (non-hydrogen) atoms. The molecule has 0 saturated heterocycles. The second-order valence-electron chi connectivity index (χ2n) is 5.17. The van der Waals surface area contributed by atoms with Gasteiger partial charge in [-0.1, -0.05) is 6.07 Å². The number of nitrogens with one attached hydrogen (secondary N) is 1. The Morgan fingerprint density at radius 3 is 2.90 bits per heavy atom. The normalized spacial score (nSPS) is 14.1. The van der Waals surface area contributed by atoms with Crippen LogP contribution in [0.3, 0.4) is 0 Å². The number of rotatable bonds is 5. The zero-order chi connectivity index (χ0) is 14.8. The predicted octanol–water partition coefficient (Wildman–Crippen LogP) is 0.170. The maximum absolute atomic E-state index is 12.1. The Balaban J connectivity index is 1.71. The number of carbonyl (C=O) groups excluding carboxylic acids is 1. The first kappa shape index (κ1) is 13.5. The Bertz CT molecular complexity index is 700. The van der Waals surface area contributed by atoms with Crippen LogP contribution in [0.2, 0.25) is 0 Å². The number of hydrogen-bond acceptors (Lipinski definition) is 4. The highest BCUT2D eigenvalue weighted by Gasteiger charge is 2.29. The summed E-state index contributed by atoms with van der Waals surface area (Å²) in [5.41, 5.74) is 0.439. The van der Waals surface area contributed by atoms with Gasteiger partial charge in [0.15, 0.2) is 5.82 Å². The van der Waals surface area contributed by atoms with Crippen molar-refractivity contribution in [2.75, 3.05) is 6.54 Å². The number of nitrogens with zero attached hydrogens (tertiary/aromatic N) is 4. The third-order valence-corrected chi connectivity index (χ3v) is 3.51. The molecule has 110 valence electrons. The lowest BCUT2D eigenvalue weighted by Crippen LogP contribution is -2.32. The molecule has 0 unspecified atom stereocenters. The summed E-state index contributed by atoms with van der Waals surface area (Å²) < 4.78 is 2.82. The quantitative estimate of drug-likeness (QED) is 0.850. The highest BCUT2D eigenvalue weighted by atomic mass is 16.2. The van der Waals surface area contributed by atoms with Gasteiger partial charge in [-0.05, 0) is 25.0 Å². The fourth-order valence-electron chi connectivity index (χ4n) is 2.13. The van der Waals surface area contributed by atoms with Crippen molar-refractivity contribution in [1.29, 1.82) is 0 Å². The Kier molecular flexibility index (Phi) is 3.55. The number of hydrogen-bond donors (Lipinski definition) is 1. The second-order valence-corrected chi connectivity index (χ2v) is 5.17. The van der Waals surface area contributed by atoms with Gasteiger partial charge in [0.2, 0.25) is 5.91 Å². The number of pyridine rings is 1. The molecule has 2 aromatic heterocycles. The van der Waals surface area contributed by atoms with E-state index in [1.165, 1.54) is 9.25 Å². The maximum Gasteiger partial charge on any atom is 0.346 e. The van der Waals surface area contributed by atoms with Crippen molar-refractivity contribution in [3.05, 3.63) is 34.9 Å². The average molecular weight is 287 g/mol. The average Bonchev–Trinajstić information content (AvgIpc) is 3.31. The smallest absolute Gasteiger partial charge is 0.346 e. The standard InChI is InChI=1S/C14H17N5O2/c1-18-12(11-4-2-3-7-15-11)17-19(14(18)21)9-8-16-13(20)10-5-6-10/h2-4,7,10H,5-6,8-9H2,1H3,(H,16,20). The molecule has 3 rings (SSSR count). The van der Waals surface area contributed by atoms with Crippen LogP contribution >= 0.6 is 0 Å². The van der Waals surface area contributed by atoms with Gasteiger partial charge in [0.25, 0.3) is 0 Å². The van der Waals surface area contributed by atoms with E-state index in [9.17, 15) is 9.59 Å². The third kappa shape index (κ3) is 2.86. The molecule has 7 nitrogen and oxygen atoms in total. The summed E-state index contributed by atoms with van der Waals surface area (Å²) in [7, 11) is 1.67. The maximum atomic E-state index is 12.1. The minimum atomic E-state index is -0.212. The molecule has 2 heterocycles. The largest absolute Gasteiger partial charge is 0.354 e. The molecule has 1 fully saturated rings. The monoisotopic (exact) mass is 287 g/mol. The molecule has 0 atom stereocenters. The van der Waals surface area contributed by atoms with Crippen LogP contribution in [0.1, 0.15) is 12.8 Å². The Morgan fingerprint density at radius 2 is 2.24 bits per heavy atom. The third-order valence-electron chi connectivity index (χ3n) is 3.51. The molecule has 1 saturated carbocycles. The number of aromatic nitrogens is 4. The molecule has 2 aromatic rings. The first-order valence-corrected chi connectivity index (χ1v) is 7.00. The van der Waals surface area contributed by atoms with Crippen LogP contribution in [0.5, 0.6) is 0 Å². The van der Waals surface area contributed by atoms with Crippen LogP contribution in [0.25, 0.3) is 11.5 Å². The molecule has 7 heteroatoms. The summed E-state index contributed by atoms with van der Waals surface area (Å²) in [6, 6.07) is 5.47. The zero-order valence-electron chi connectivity index (χ0n) is 11.8. The van der Waals surface area contributed by atoms with E-state index in [4.69, 9.17) is 0 Å². The van der Waals surface area contributed by atoms with Crippen molar-refractivity contribution in [2.45, 2.75) is 19.4 Å². The van der Waals surface area contributed by atoms with Crippen LogP contribution in [0.4, 0.5) is 0 Å². The highest BCUT2D eigenvalue weighted by molar-refractivity contribution is 5.80. The Hall–Kier alpha value is -2.44. The van der Waals surface area contributed by atoms with E-state index in [1.54, 1.807) is 19.3 Å². The first-order chi connectivity index (χ1) is 10.2. The van der Waals surface area contributed by atoms with Gasteiger partial charge in [-0.15, -0.1) is 5.10 Å². The summed E-state index contributed by atoms with van der Waals surface area (Å²) in [4.78, 5) is 27.8. The summed E-state index contributed by atoms with van der Waals surface area (Å²) in [5, 5.41) is 7.12. The highest BCUT2D eigenvalue weighted by Crippen LogP contribution is 2.28. The van der Waals surface area contributed by atoms with E-state index >= 15 is 0 Å². The fourth-order valence-corrected chi connectivity index (χ4v) is 2.13. The van der Waals surface area contributed by atoms with E-state index in [0.717, 1.165) is 12.8 Å². The molecule has 0 aliphatic heterocycles. The van der Waals surface area contributed by atoms with E-state index < -0.39 is 0 Å². The first-order valence-electron chi connectivity index (χ1n) is 7.00. The molecule has 1 amide bonds. The predicted molar refractivity (Wildman–Crippen MR) is 76.4 cm³/mol. The van der Waals surface area contributed by atoms with E-state index in [1.807, 2.05) is 12.1 Å². The number of carbonyl (C=O) groups is 1. The minimum Gasteiger partial charge on any atom is -0.354 e. The van der Waals surface area contributed by atoms with Crippen LogP contribution < -0.4 is 11.0 Å². The zero-order valence-corrected chi connectivity index (χ0v) is 11.8. The molecule has 0 aromatic carbocycles. The summed E-state index contributed by atoms with van der Waals surface area (Å²) in [5.74, 6) is 0.771. The molecule has 0 bridgehead atoms. The van der Waals surface area contributed by atoms with Gasteiger partial charge in [-0.3, -0.25) is 14.3 Å². The summed E-state index contributed by atoms with van der Waals surface area (Å²) in [6.45, 7) is 0.770. The summed E-state index contributed by atoms with van der Waals surface area (Å²) in [6.07, 6.45) is 3.60. The van der Waals surface area contributed by atoms with Crippen LogP contribution in [-0.4, -0.2) is 31.8 Å². The minimum absolute atomic E-state index is 0.0731. The molecule has 0 radical (unpaired) electrons. The fraction of sp³-hybridized carbons (Fsp3) is 0.429. The van der Waals surface area contributed by atoms with Gasteiger partial charge in [-0.2, -0.15) is 0 Å². The molecule has 1 aliphatic rings. The topological polar surface area (TPSA) is 81.8 Å². The van der Waals surface area contributed by atoms with Crippen molar-refractivity contribution >= 4 is 5.91 Å². The van der Waals surface area contributed by atoms with Gasteiger partial charge in [-0.25, -0.2) is 9.48 Å². The SMILES string of the molecule is Cn1c(-c2ccccn2)nn(CCNC(=O)C2CC2)c1=O. The van der Waals surface area contributed by atoms with Crippen LogP contribution in [0, 0.1) is 5.92 Å². The Morgan fingerprint density at radius 1 is 1.43 bits per heavy atom. The summed E-state index contributed by atoms with van der Waals surface area (Å²) >= 11 is 0. The van der Waals surface area contributed by atoms with Gasteiger partial charge < -0.3 is 5.32 Å². The van der Waals surface area contributed by atoms with Crippen LogP contribution in [0.15, 0.2) is 29.2 Å². The molecule has 1 aliphatic carbocycles. The lowest BCUT2D eigenvalue weighted by molar-refractivity contribution is -0.122. The van der Waals surface area contributed by atoms with Crippen molar-refractivity contribution in [3.63, 3.8) is 0 Å². The van der Waals surface area contributed by atoms with E-state index in [0.29, 0.717) is 24.6 Å². The van der Waals surface area contributed by atoms with Gasteiger partial charge in [0, 0.05) is 25.7 Å². The molecular weight excluding hydrogens is 270 g/mol. The van der Waals surface area contributed by atoms with Gasteiger partial charge >= 0.3 is 5.69 Å². The van der Waals surface area contributed by atoms with Gasteiger partial charge in [0.05, 0.1) is 6.54 Å². The van der Waals surface area contributed by atoms with Crippen molar-refractivity contribution in [1.82, 2.24) is 24.6 Å². The van der Waals surface area contributed by atoms with Crippen molar-refractivity contribution in [3.8, 4) is 11.5 Å². The van der Waals surface area contributed by atoms with Crippen LogP contribution in [-0.2, 0) is 18.4 Å². The lowest BCUT2D eigenvalue weighted by Gasteiger charge is -2.02. The Labute approximate surface area is 121 Å². The van der Waals surface area contributed by atoms with Gasteiger partial charge in [0.1, 0.15) is 5.69 Å². The van der Waals surface area contributed by atoms with Crippen molar-refractivity contribution in [2.24, 2.45) is 13.0 Å². The van der Waals surface area contributed by atoms with E-state index in [2.05, 4.69) is 15.4 Å². The number of amides is 1. The van der Waals surface area contributed by atoms with Crippen molar-refractivity contribution < 1.29 is 4.79 Å². The second kappa shape index (κ2) is 5.51.